The fraction of sp³-hybridized carbons (Fsp3) is 0.304. The van der Waals surface area contributed by atoms with Crippen LogP contribution in [0.5, 0.6) is 0 Å². The van der Waals surface area contributed by atoms with Crippen molar-refractivity contribution < 1.29 is 9.32 Å². The maximum absolute atomic E-state index is 12.8. The molecule has 0 spiro atoms. The molecule has 1 N–H and O–H groups in total. The molecule has 4 nitrogen and oxygen atoms in total. The lowest BCUT2D eigenvalue weighted by Gasteiger charge is -2.18. The van der Waals surface area contributed by atoms with Gasteiger partial charge in [-0.2, -0.15) is 0 Å². The van der Waals surface area contributed by atoms with Crippen molar-refractivity contribution in [2.45, 2.75) is 39.5 Å². The average Bonchev–Trinajstić information content (AvgIpc) is 3.03. The van der Waals surface area contributed by atoms with Crippen molar-refractivity contribution >= 4 is 17.5 Å². The molecule has 1 aromatic heterocycles. The van der Waals surface area contributed by atoms with E-state index in [1.165, 1.54) is 5.56 Å². The fourth-order valence-electron chi connectivity index (χ4n) is 3.06. The Kier molecular flexibility index (Phi) is 5.90. The highest BCUT2D eigenvalue weighted by molar-refractivity contribution is 6.30. The van der Waals surface area contributed by atoms with Gasteiger partial charge in [0.1, 0.15) is 5.56 Å². The summed E-state index contributed by atoms with van der Waals surface area (Å²) >= 11 is 6.01. The lowest BCUT2D eigenvalue weighted by atomic mass is 9.86. The van der Waals surface area contributed by atoms with E-state index in [1.54, 1.807) is 6.92 Å². The molecule has 1 amide bonds. The summed E-state index contributed by atoms with van der Waals surface area (Å²) in [5.74, 6) is 0.314. The summed E-state index contributed by atoms with van der Waals surface area (Å²) in [7, 11) is 0. The summed E-state index contributed by atoms with van der Waals surface area (Å²) in [6, 6.07) is 15.7. The Balaban J connectivity index is 1.74. The summed E-state index contributed by atoms with van der Waals surface area (Å²) in [4.78, 5) is 12.8. The molecule has 146 valence electrons. The second-order valence-corrected chi connectivity index (χ2v) is 8.37. The smallest absolute Gasteiger partial charge is 0.257 e. The van der Waals surface area contributed by atoms with E-state index in [0.29, 0.717) is 35.0 Å². The van der Waals surface area contributed by atoms with E-state index in [0.717, 1.165) is 11.1 Å². The summed E-state index contributed by atoms with van der Waals surface area (Å²) in [5, 5.41) is 7.66. The first-order valence-electron chi connectivity index (χ1n) is 9.35. The predicted octanol–water partition coefficient (Wildman–Crippen LogP) is 5.57. The Morgan fingerprint density at radius 3 is 2.50 bits per heavy atom. The van der Waals surface area contributed by atoms with Gasteiger partial charge in [0.25, 0.3) is 5.91 Å². The third-order valence-electron chi connectivity index (χ3n) is 4.69. The minimum absolute atomic E-state index is 0.0659. The van der Waals surface area contributed by atoms with Crippen LogP contribution < -0.4 is 5.32 Å². The number of carbonyl (C=O) groups excluding carboxylic acids is 1. The van der Waals surface area contributed by atoms with E-state index in [-0.39, 0.29) is 11.3 Å². The summed E-state index contributed by atoms with van der Waals surface area (Å²) < 4.78 is 5.48. The van der Waals surface area contributed by atoms with Crippen LogP contribution in [0.3, 0.4) is 0 Å². The highest BCUT2D eigenvalue weighted by atomic mass is 35.5. The maximum Gasteiger partial charge on any atom is 0.257 e. The van der Waals surface area contributed by atoms with Gasteiger partial charge in [0.05, 0.1) is 5.69 Å². The Morgan fingerprint density at radius 2 is 1.86 bits per heavy atom. The number of hydrogen-bond acceptors (Lipinski definition) is 3. The topological polar surface area (TPSA) is 55.1 Å². The summed E-state index contributed by atoms with van der Waals surface area (Å²) in [6.07, 6.45) is 0.701. The molecule has 0 unspecified atom stereocenters. The standard InChI is InChI=1S/C23H25ClN2O2/c1-15-20(22(27)25-13-12-16-6-5-7-19(24)14-16)21(28-26-15)17-8-10-18(11-9-17)23(2,3)4/h5-11,14H,12-13H2,1-4H3,(H,25,27). The van der Waals surface area contributed by atoms with Gasteiger partial charge in [0.2, 0.25) is 0 Å². The zero-order valence-electron chi connectivity index (χ0n) is 16.7. The van der Waals surface area contributed by atoms with Crippen molar-refractivity contribution in [2.24, 2.45) is 0 Å². The zero-order chi connectivity index (χ0) is 20.3. The number of benzene rings is 2. The second-order valence-electron chi connectivity index (χ2n) is 7.94. The molecule has 0 aliphatic heterocycles. The van der Waals surface area contributed by atoms with Crippen LogP contribution in [0.4, 0.5) is 0 Å². The van der Waals surface area contributed by atoms with Gasteiger partial charge in [-0.25, -0.2) is 0 Å². The first kappa shape index (κ1) is 20.2. The van der Waals surface area contributed by atoms with Crippen molar-refractivity contribution in [3.8, 4) is 11.3 Å². The fourth-order valence-corrected chi connectivity index (χ4v) is 3.27. The predicted molar refractivity (Wildman–Crippen MR) is 113 cm³/mol. The van der Waals surface area contributed by atoms with Crippen LogP contribution in [0.25, 0.3) is 11.3 Å². The molecule has 0 aliphatic rings. The van der Waals surface area contributed by atoms with Crippen LogP contribution in [0, 0.1) is 6.92 Å². The molecule has 1 heterocycles. The second kappa shape index (κ2) is 8.19. The quantitative estimate of drug-likeness (QED) is 0.613. The molecule has 5 heteroatoms. The molecule has 28 heavy (non-hydrogen) atoms. The SMILES string of the molecule is Cc1noc(-c2ccc(C(C)(C)C)cc2)c1C(=O)NCCc1cccc(Cl)c1. The first-order chi connectivity index (χ1) is 13.3. The number of hydrogen-bond donors (Lipinski definition) is 1. The third-order valence-corrected chi connectivity index (χ3v) is 4.93. The van der Waals surface area contributed by atoms with Gasteiger partial charge < -0.3 is 9.84 Å². The molecule has 3 aromatic rings. The minimum atomic E-state index is -0.185. The Hall–Kier alpha value is -2.59. The van der Waals surface area contributed by atoms with Crippen LogP contribution in [-0.4, -0.2) is 17.6 Å². The number of halogens is 1. The Morgan fingerprint density at radius 1 is 1.14 bits per heavy atom. The molecule has 0 aliphatic carbocycles. The van der Waals surface area contributed by atoms with Crippen LogP contribution >= 0.6 is 11.6 Å². The summed E-state index contributed by atoms with van der Waals surface area (Å²) in [6.45, 7) is 8.78. The van der Waals surface area contributed by atoms with E-state index in [2.05, 4.69) is 43.4 Å². The van der Waals surface area contributed by atoms with Crippen LogP contribution in [0.15, 0.2) is 53.1 Å². The van der Waals surface area contributed by atoms with Gasteiger partial charge in [-0.05, 0) is 42.0 Å². The number of aromatic nitrogens is 1. The van der Waals surface area contributed by atoms with Gasteiger partial charge in [-0.15, -0.1) is 0 Å². The summed E-state index contributed by atoms with van der Waals surface area (Å²) in [5.41, 5.74) is 4.27. The van der Waals surface area contributed by atoms with Crippen molar-refractivity contribution in [1.29, 1.82) is 0 Å². The van der Waals surface area contributed by atoms with E-state index < -0.39 is 0 Å². The van der Waals surface area contributed by atoms with Crippen LogP contribution in [-0.2, 0) is 11.8 Å². The molecule has 0 atom stereocenters. The van der Waals surface area contributed by atoms with E-state index in [4.69, 9.17) is 16.1 Å². The molecule has 0 saturated carbocycles. The van der Waals surface area contributed by atoms with Gasteiger partial charge >= 0.3 is 0 Å². The maximum atomic E-state index is 12.8. The van der Waals surface area contributed by atoms with E-state index in [1.807, 2.05) is 36.4 Å². The molecule has 0 saturated heterocycles. The molecule has 0 radical (unpaired) electrons. The highest BCUT2D eigenvalue weighted by Crippen LogP contribution is 2.29. The zero-order valence-corrected chi connectivity index (χ0v) is 17.4. The lowest BCUT2D eigenvalue weighted by Crippen LogP contribution is -2.26. The number of carbonyl (C=O) groups is 1. The van der Waals surface area contributed by atoms with Crippen LogP contribution in [0.2, 0.25) is 5.02 Å². The number of aryl methyl sites for hydroxylation is 1. The largest absolute Gasteiger partial charge is 0.355 e. The highest BCUT2D eigenvalue weighted by Gasteiger charge is 2.22. The van der Waals surface area contributed by atoms with Crippen molar-refractivity contribution in [2.75, 3.05) is 6.54 Å². The third kappa shape index (κ3) is 4.63. The van der Waals surface area contributed by atoms with Crippen molar-refractivity contribution in [3.05, 3.63) is 75.9 Å². The van der Waals surface area contributed by atoms with Gasteiger partial charge in [-0.1, -0.05) is 73.9 Å². The van der Waals surface area contributed by atoms with E-state index in [9.17, 15) is 4.79 Å². The number of amides is 1. The first-order valence-corrected chi connectivity index (χ1v) is 9.73. The molecular weight excluding hydrogens is 372 g/mol. The van der Waals surface area contributed by atoms with E-state index >= 15 is 0 Å². The minimum Gasteiger partial charge on any atom is -0.355 e. The monoisotopic (exact) mass is 396 g/mol. The van der Waals surface area contributed by atoms with Crippen molar-refractivity contribution in [1.82, 2.24) is 10.5 Å². The number of nitrogens with zero attached hydrogens (tertiary/aromatic N) is 1. The number of rotatable bonds is 5. The molecule has 3 rings (SSSR count). The van der Waals surface area contributed by atoms with Crippen molar-refractivity contribution in [3.63, 3.8) is 0 Å². The Bertz CT molecular complexity index is 969. The average molecular weight is 397 g/mol. The van der Waals surface area contributed by atoms with Gasteiger partial charge in [0, 0.05) is 17.1 Å². The van der Waals surface area contributed by atoms with Gasteiger partial charge in [0.15, 0.2) is 5.76 Å². The Labute approximate surface area is 170 Å². The molecular formula is C23H25ClN2O2. The normalized spacial score (nSPS) is 11.5. The van der Waals surface area contributed by atoms with Gasteiger partial charge in [-0.3, -0.25) is 4.79 Å². The lowest BCUT2D eigenvalue weighted by molar-refractivity contribution is 0.0954. The molecule has 2 aromatic carbocycles. The molecule has 0 fully saturated rings. The number of nitrogens with one attached hydrogen (secondary N) is 1. The van der Waals surface area contributed by atoms with Crippen LogP contribution in [0.1, 0.15) is 48.0 Å². The molecule has 0 bridgehead atoms.